The number of amides is 2. The zero-order valence-corrected chi connectivity index (χ0v) is 14.2. The van der Waals surface area contributed by atoms with Crippen LogP contribution in [-0.4, -0.2) is 51.1 Å². The molecule has 8 heteroatoms. The number of rotatable bonds is 2. The molecule has 2 amide bonds. The summed E-state index contributed by atoms with van der Waals surface area (Å²) in [5.74, 6) is -0.490. The average Bonchev–Trinajstić information content (AvgIpc) is 2.99. The number of fused-ring (bicyclic) bond motifs is 1. The van der Waals surface area contributed by atoms with E-state index in [0.717, 1.165) is 16.5 Å². The van der Waals surface area contributed by atoms with Crippen LogP contribution < -0.4 is 10.5 Å². The lowest BCUT2D eigenvalue weighted by atomic mass is 10.1. The fourth-order valence-electron chi connectivity index (χ4n) is 3.29. The molecule has 0 bridgehead atoms. The van der Waals surface area contributed by atoms with Gasteiger partial charge in [-0.3, -0.25) is 29.1 Å². The highest BCUT2D eigenvalue weighted by atomic mass is 16.2. The largest absolute Gasteiger partial charge is 0.326 e. The van der Waals surface area contributed by atoms with Gasteiger partial charge in [0.25, 0.3) is 11.5 Å². The Bertz CT molecular complexity index is 1060. The van der Waals surface area contributed by atoms with Crippen molar-refractivity contribution in [1.29, 1.82) is 0 Å². The number of piperazine rings is 1. The highest BCUT2D eigenvalue weighted by Gasteiger charge is 2.30. The zero-order chi connectivity index (χ0) is 18.3. The van der Waals surface area contributed by atoms with E-state index in [1.165, 1.54) is 15.6 Å². The smallest absolute Gasteiger partial charge is 0.272 e. The van der Waals surface area contributed by atoms with E-state index < -0.39 is 0 Å². The maximum atomic E-state index is 12.7. The molecule has 2 aromatic heterocycles. The van der Waals surface area contributed by atoms with E-state index in [1.54, 1.807) is 24.3 Å². The van der Waals surface area contributed by atoms with E-state index in [1.807, 2.05) is 24.3 Å². The number of H-pyrrole nitrogens is 1. The first kappa shape index (κ1) is 16.1. The lowest BCUT2D eigenvalue weighted by Gasteiger charge is -2.34. The standard InChI is InChI=1S/C18H17N5O3/c1-21-15(9-16(24)20-21)18(26)22-7-8-23(17(25)11-22)14-4-2-3-12-10-19-6-5-13(12)14/h2-6,9-10H,7-8,11H2,1H3,(H,20,24). The Balaban J connectivity index is 1.59. The Morgan fingerprint density at radius 1 is 1.19 bits per heavy atom. The van der Waals surface area contributed by atoms with Crippen molar-refractivity contribution in [2.24, 2.45) is 7.05 Å². The molecule has 0 spiro atoms. The lowest BCUT2D eigenvalue weighted by molar-refractivity contribution is -0.120. The average molecular weight is 351 g/mol. The number of carbonyl (C=O) groups excluding carboxylic acids is 2. The predicted octanol–water partition coefficient (Wildman–Crippen LogP) is 0.751. The van der Waals surface area contributed by atoms with Gasteiger partial charge >= 0.3 is 0 Å². The fraction of sp³-hybridized carbons (Fsp3) is 0.222. The van der Waals surface area contributed by atoms with Crippen LogP contribution in [0.15, 0.2) is 47.5 Å². The summed E-state index contributed by atoms with van der Waals surface area (Å²) < 4.78 is 1.37. The van der Waals surface area contributed by atoms with Gasteiger partial charge in [0.1, 0.15) is 12.2 Å². The van der Waals surface area contributed by atoms with Crippen molar-refractivity contribution in [3.63, 3.8) is 0 Å². The summed E-state index contributed by atoms with van der Waals surface area (Å²) in [4.78, 5) is 44.0. The van der Waals surface area contributed by atoms with Crippen LogP contribution >= 0.6 is 0 Å². The van der Waals surface area contributed by atoms with Crippen LogP contribution in [0.3, 0.4) is 0 Å². The topological polar surface area (TPSA) is 91.3 Å². The van der Waals surface area contributed by atoms with Gasteiger partial charge in [-0.25, -0.2) is 0 Å². The van der Waals surface area contributed by atoms with Crippen LogP contribution in [0.2, 0.25) is 0 Å². The molecule has 0 unspecified atom stereocenters. The van der Waals surface area contributed by atoms with Gasteiger partial charge in [0.2, 0.25) is 5.91 Å². The van der Waals surface area contributed by atoms with Crippen molar-refractivity contribution in [1.82, 2.24) is 19.7 Å². The first-order valence-electron chi connectivity index (χ1n) is 8.23. The zero-order valence-electron chi connectivity index (χ0n) is 14.2. The Morgan fingerprint density at radius 2 is 2.04 bits per heavy atom. The van der Waals surface area contributed by atoms with E-state index in [4.69, 9.17) is 0 Å². The predicted molar refractivity (Wildman–Crippen MR) is 96.0 cm³/mol. The van der Waals surface area contributed by atoms with Gasteiger partial charge in [-0.15, -0.1) is 0 Å². The molecule has 1 saturated heterocycles. The van der Waals surface area contributed by atoms with Crippen LogP contribution in [-0.2, 0) is 11.8 Å². The summed E-state index contributed by atoms with van der Waals surface area (Å²) in [6, 6.07) is 8.86. The van der Waals surface area contributed by atoms with E-state index in [-0.39, 0.29) is 29.6 Å². The van der Waals surface area contributed by atoms with Crippen molar-refractivity contribution in [3.8, 4) is 0 Å². The van der Waals surface area contributed by atoms with Crippen LogP contribution in [0, 0.1) is 0 Å². The first-order chi connectivity index (χ1) is 12.5. The third-order valence-electron chi connectivity index (χ3n) is 4.58. The highest BCUT2D eigenvalue weighted by Crippen LogP contribution is 2.27. The quantitative estimate of drug-likeness (QED) is 0.738. The maximum absolute atomic E-state index is 12.7. The minimum absolute atomic E-state index is 0.0281. The summed E-state index contributed by atoms with van der Waals surface area (Å²) in [6.45, 7) is 0.759. The molecule has 1 aromatic carbocycles. The maximum Gasteiger partial charge on any atom is 0.272 e. The molecular weight excluding hydrogens is 334 g/mol. The highest BCUT2D eigenvalue weighted by molar-refractivity contribution is 6.06. The Morgan fingerprint density at radius 3 is 2.77 bits per heavy atom. The number of hydrogen-bond donors (Lipinski definition) is 1. The fourth-order valence-corrected chi connectivity index (χ4v) is 3.29. The van der Waals surface area contributed by atoms with Crippen molar-refractivity contribution in [2.75, 3.05) is 24.5 Å². The number of aromatic nitrogens is 3. The number of carbonyl (C=O) groups is 2. The lowest BCUT2D eigenvalue weighted by Crippen LogP contribution is -2.52. The number of hydrogen-bond acceptors (Lipinski definition) is 4. The molecule has 0 aliphatic carbocycles. The SMILES string of the molecule is Cn1[nH]c(=O)cc1C(=O)N1CCN(c2cccc3cnccc23)C(=O)C1. The van der Waals surface area contributed by atoms with E-state index in [9.17, 15) is 14.4 Å². The molecule has 3 heterocycles. The Hall–Kier alpha value is -3.42. The molecule has 1 N–H and O–H groups in total. The van der Waals surface area contributed by atoms with Crippen molar-refractivity contribution < 1.29 is 9.59 Å². The molecular formula is C18H17N5O3. The normalized spacial score (nSPS) is 14.9. The minimum atomic E-state index is -0.342. The summed E-state index contributed by atoms with van der Waals surface area (Å²) in [5, 5.41) is 4.41. The van der Waals surface area contributed by atoms with Crippen LogP contribution in [0.25, 0.3) is 10.8 Å². The van der Waals surface area contributed by atoms with Gasteiger partial charge in [-0.2, -0.15) is 0 Å². The Labute approximate surface area is 148 Å². The summed E-state index contributed by atoms with van der Waals surface area (Å²) >= 11 is 0. The van der Waals surface area contributed by atoms with Gasteiger partial charge in [-0.1, -0.05) is 12.1 Å². The van der Waals surface area contributed by atoms with E-state index >= 15 is 0 Å². The molecule has 4 rings (SSSR count). The van der Waals surface area contributed by atoms with Gasteiger partial charge in [-0.05, 0) is 12.1 Å². The van der Waals surface area contributed by atoms with Crippen LogP contribution in [0.5, 0.6) is 0 Å². The van der Waals surface area contributed by atoms with Gasteiger partial charge < -0.3 is 9.80 Å². The number of pyridine rings is 1. The molecule has 8 nitrogen and oxygen atoms in total. The number of aromatic amines is 1. The number of anilines is 1. The van der Waals surface area contributed by atoms with Gasteiger partial charge in [0.05, 0.1) is 5.69 Å². The number of aryl methyl sites for hydroxylation is 1. The van der Waals surface area contributed by atoms with Crippen LogP contribution in [0.4, 0.5) is 5.69 Å². The second kappa shape index (κ2) is 6.14. The van der Waals surface area contributed by atoms with Crippen molar-refractivity contribution in [2.45, 2.75) is 0 Å². The molecule has 132 valence electrons. The molecule has 0 radical (unpaired) electrons. The molecule has 1 aliphatic heterocycles. The minimum Gasteiger partial charge on any atom is -0.326 e. The third kappa shape index (κ3) is 2.65. The second-order valence-corrected chi connectivity index (χ2v) is 6.21. The molecule has 1 aliphatic rings. The monoisotopic (exact) mass is 351 g/mol. The van der Waals surface area contributed by atoms with E-state index in [2.05, 4.69) is 10.1 Å². The molecule has 1 fully saturated rings. The number of nitrogens with zero attached hydrogens (tertiary/aromatic N) is 4. The van der Waals surface area contributed by atoms with Gasteiger partial charge in [0.15, 0.2) is 0 Å². The van der Waals surface area contributed by atoms with E-state index in [0.29, 0.717) is 13.1 Å². The Kier molecular flexibility index (Phi) is 3.80. The molecule has 0 atom stereocenters. The first-order valence-corrected chi connectivity index (χ1v) is 8.23. The molecule has 3 aromatic rings. The summed E-state index contributed by atoms with van der Waals surface area (Å²) in [7, 11) is 1.59. The number of benzene rings is 1. The summed E-state index contributed by atoms with van der Waals surface area (Å²) in [6.07, 6.45) is 3.46. The van der Waals surface area contributed by atoms with Crippen molar-refractivity contribution in [3.05, 3.63) is 58.8 Å². The molecule has 0 saturated carbocycles. The second-order valence-electron chi connectivity index (χ2n) is 6.21. The summed E-state index contributed by atoms with van der Waals surface area (Å²) in [5.41, 5.74) is 0.716. The third-order valence-corrected chi connectivity index (χ3v) is 4.58. The van der Waals surface area contributed by atoms with Crippen molar-refractivity contribution >= 4 is 28.3 Å². The van der Waals surface area contributed by atoms with Crippen LogP contribution in [0.1, 0.15) is 10.5 Å². The molecule has 26 heavy (non-hydrogen) atoms. The van der Waals surface area contributed by atoms with Gasteiger partial charge in [0, 0.05) is 49.4 Å². The number of nitrogens with one attached hydrogen (secondary N) is 1.